The van der Waals surface area contributed by atoms with Gasteiger partial charge in [-0.2, -0.15) is 5.26 Å². The van der Waals surface area contributed by atoms with Crippen LogP contribution in [0.2, 0.25) is 0 Å². The maximum Gasteiger partial charge on any atom is 0.339 e. The molecular weight excluding hydrogens is 211 g/mol. The van der Waals surface area contributed by atoms with Gasteiger partial charge in [0.1, 0.15) is 17.2 Å². The Hall–Kier alpha value is -2.03. The van der Waals surface area contributed by atoms with Gasteiger partial charge in [-0.15, -0.1) is 0 Å². The highest BCUT2D eigenvalue weighted by Gasteiger charge is 2.26. The van der Waals surface area contributed by atoms with Crippen molar-refractivity contribution in [1.82, 2.24) is 0 Å². The van der Waals surface area contributed by atoms with E-state index in [1.165, 1.54) is 0 Å². The molecule has 3 nitrogen and oxygen atoms in total. The number of benzene rings is 1. The fraction of sp³-hybridized carbons (Fsp3) is 0.111. The van der Waals surface area contributed by atoms with E-state index >= 15 is 0 Å². The van der Waals surface area contributed by atoms with Gasteiger partial charge < -0.3 is 5.11 Å². The number of rotatable bonds is 1. The molecule has 0 aliphatic carbocycles. The van der Waals surface area contributed by atoms with Crippen LogP contribution in [-0.4, -0.2) is 11.1 Å². The van der Waals surface area contributed by atoms with Crippen LogP contribution in [-0.2, 0) is 0 Å². The van der Waals surface area contributed by atoms with Crippen LogP contribution in [0.25, 0.3) is 0 Å². The van der Waals surface area contributed by atoms with Crippen molar-refractivity contribution in [2.45, 2.75) is 6.92 Å². The number of aromatic carboxylic acids is 1. The van der Waals surface area contributed by atoms with Crippen molar-refractivity contribution >= 4 is 5.97 Å². The first-order valence-electron chi connectivity index (χ1n) is 3.72. The van der Waals surface area contributed by atoms with Gasteiger partial charge in [-0.1, -0.05) is 0 Å². The summed E-state index contributed by atoms with van der Waals surface area (Å²) in [5.41, 5.74) is -2.92. The molecule has 0 spiro atoms. The van der Waals surface area contributed by atoms with E-state index in [4.69, 9.17) is 10.4 Å². The standard InChI is InChI=1S/C9H4F3NO2/c1-3-5(9(14)15)7(11)4(2-13)8(12)6(3)10/h1H3,(H,14,15). The second kappa shape index (κ2) is 3.61. The topological polar surface area (TPSA) is 61.1 Å². The summed E-state index contributed by atoms with van der Waals surface area (Å²) in [7, 11) is 0. The zero-order valence-electron chi connectivity index (χ0n) is 7.44. The lowest BCUT2D eigenvalue weighted by Gasteiger charge is -2.06. The fourth-order valence-electron chi connectivity index (χ4n) is 1.12. The summed E-state index contributed by atoms with van der Waals surface area (Å²) in [6.07, 6.45) is 0. The summed E-state index contributed by atoms with van der Waals surface area (Å²) in [5.74, 6) is -6.50. The van der Waals surface area contributed by atoms with Crippen LogP contribution in [0, 0.1) is 35.7 Å². The number of carbonyl (C=O) groups is 1. The first kappa shape index (κ1) is 11.0. The molecule has 0 heterocycles. The predicted molar refractivity (Wildman–Crippen MR) is 42.7 cm³/mol. The molecule has 1 N–H and O–H groups in total. The van der Waals surface area contributed by atoms with Crippen molar-refractivity contribution in [1.29, 1.82) is 5.26 Å². The van der Waals surface area contributed by atoms with Crippen LogP contribution >= 0.6 is 0 Å². The summed E-state index contributed by atoms with van der Waals surface area (Å²) >= 11 is 0. The first-order valence-corrected chi connectivity index (χ1v) is 3.72. The van der Waals surface area contributed by atoms with Gasteiger partial charge in [0.2, 0.25) is 0 Å². The monoisotopic (exact) mass is 215 g/mol. The van der Waals surface area contributed by atoms with Gasteiger partial charge in [0, 0.05) is 5.56 Å². The Kier molecular flexibility index (Phi) is 2.66. The molecule has 1 rings (SSSR count). The molecule has 0 aromatic heterocycles. The largest absolute Gasteiger partial charge is 0.478 e. The number of nitrogens with zero attached hydrogens (tertiary/aromatic N) is 1. The van der Waals surface area contributed by atoms with Crippen LogP contribution in [0.4, 0.5) is 13.2 Å². The zero-order valence-corrected chi connectivity index (χ0v) is 7.44. The highest BCUT2D eigenvalue weighted by Crippen LogP contribution is 2.24. The van der Waals surface area contributed by atoms with Crippen molar-refractivity contribution in [3.05, 3.63) is 34.1 Å². The highest BCUT2D eigenvalue weighted by atomic mass is 19.2. The lowest BCUT2D eigenvalue weighted by molar-refractivity contribution is 0.0690. The van der Waals surface area contributed by atoms with E-state index in [0.717, 1.165) is 13.0 Å². The molecule has 0 bridgehead atoms. The SMILES string of the molecule is Cc1c(F)c(F)c(C#N)c(F)c1C(=O)O. The highest BCUT2D eigenvalue weighted by molar-refractivity contribution is 5.90. The van der Waals surface area contributed by atoms with E-state index in [1.807, 2.05) is 0 Å². The van der Waals surface area contributed by atoms with Crippen LogP contribution in [0.3, 0.4) is 0 Å². The quantitative estimate of drug-likeness (QED) is 0.728. The minimum Gasteiger partial charge on any atom is -0.478 e. The third-order valence-corrected chi connectivity index (χ3v) is 1.88. The van der Waals surface area contributed by atoms with E-state index in [-0.39, 0.29) is 0 Å². The lowest BCUT2D eigenvalue weighted by atomic mass is 10.0. The van der Waals surface area contributed by atoms with Gasteiger partial charge in [-0.3, -0.25) is 0 Å². The Labute approximate surface area is 82.4 Å². The van der Waals surface area contributed by atoms with Crippen LogP contribution < -0.4 is 0 Å². The Morgan fingerprint density at radius 2 is 1.80 bits per heavy atom. The van der Waals surface area contributed by atoms with E-state index < -0.39 is 40.1 Å². The number of hydrogen-bond donors (Lipinski definition) is 1. The molecule has 0 saturated carbocycles. The number of halogens is 3. The van der Waals surface area contributed by atoms with Gasteiger partial charge >= 0.3 is 5.97 Å². The minimum atomic E-state index is -1.75. The molecule has 0 radical (unpaired) electrons. The second-order valence-corrected chi connectivity index (χ2v) is 2.73. The van der Waals surface area contributed by atoms with E-state index in [2.05, 4.69) is 0 Å². The van der Waals surface area contributed by atoms with Gasteiger partial charge in [-0.05, 0) is 6.92 Å². The van der Waals surface area contributed by atoms with Crippen molar-refractivity contribution in [3.8, 4) is 6.07 Å². The molecule has 0 atom stereocenters. The fourth-order valence-corrected chi connectivity index (χ4v) is 1.12. The Morgan fingerprint density at radius 3 is 2.20 bits per heavy atom. The molecule has 0 aliphatic heterocycles. The molecule has 1 aromatic rings. The molecule has 6 heteroatoms. The Morgan fingerprint density at radius 1 is 1.27 bits per heavy atom. The number of carboxylic acids is 1. The third kappa shape index (κ3) is 1.52. The number of hydrogen-bond acceptors (Lipinski definition) is 2. The normalized spacial score (nSPS) is 9.80. The Balaban J connectivity index is 3.78. The molecule has 0 amide bonds. The second-order valence-electron chi connectivity index (χ2n) is 2.73. The smallest absolute Gasteiger partial charge is 0.339 e. The predicted octanol–water partition coefficient (Wildman–Crippen LogP) is 1.98. The lowest BCUT2D eigenvalue weighted by Crippen LogP contribution is -2.10. The first-order chi connectivity index (χ1) is 6.91. The van der Waals surface area contributed by atoms with Gasteiger partial charge in [0.15, 0.2) is 17.5 Å². The van der Waals surface area contributed by atoms with Gasteiger partial charge in [-0.25, -0.2) is 18.0 Å². The zero-order chi connectivity index (χ0) is 11.7. The minimum absolute atomic E-state index is 0.670. The Bertz CT molecular complexity index is 491. The average Bonchev–Trinajstić information content (AvgIpc) is 2.15. The van der Waals surface area contributed by atoms with E-state index in [9.17, 15) is 18.0 Å². The molecule has 78 valence electrons. The summed E-state index contributed by atoms with van der Waals surface area (Å²) in [6.45, 7) is 0.923. The third-order valence-electron chi connectivity index (χ3n) is 1.88. The molecular formula is C9H4F3NO2. The van der Waals surface area contributed by atoms with Gasteiger partial charge in [0.05, 0.1) is 0 Å². The maximum atomic E-state index is 13.2. The summed E-state index contributed by atoms with van der Waals surface area (Å²) in [5, 5.41) is 16.9. The average molecular weight is 215 g/mol. The molecule has 0 aliphatic rings. The van der Waals surface area contributed by atoms with Crippen molar-refractivity contribution < 1.29 is 23.1 Å². The summed E-state index contributed by atoms with van der Waals surface area (Å²) in [4.78, 5) is 10.5. The molecule has 0 unspecified atom stereocenters. The molecule has 1 aromatic carbocycles. The molecule has 0 fully saturated rings. The van der Waals surface area contributed by atoms with Crippen molar-refractivity contribution in [2.75, 3.05) is 0 Å². The van der Waals surface area contributed by atoms with Crippen molar-refractivity contribution in [2.24, 2.45) is 0 Å². The van der Waals surface area contributed by atoms with E-state index in [0.29, 0.717) is 0 Å². The van der Waals surface area contributed by atoms with Crippen LogP contribution in [0.15, 0.2) is 0 Å². The van der Waals surface area contributed by atoms with Crippen LogP contribution in [0.1, 0.15) is 21.5 Å². The summed E-state index contributed by atoms with van der Waals surface area (Å²) < 4.78 is 39.2. The van der Waals surface area contributed by atoms with Crippen LogP contribution in [0.5, 0.6) is 0 Å². The molecule has 15 heavy (non-hydrogen) atoms. The molecule has 0 saturated heterocycles. The number of carboxylic acid groups (broad SMARTS) is 1. The van der Waals surface area contributed by atoms with E-state index in [1.54, 1.807) is 0 Å². The van der Waals surface area contributed by atoms with Gasteiger partial charge in [0.25, 0.3) is 0 Å². The maximum absolute atomic E-state index is 13.2. The summed E-state index contributed by atoms with van der Waals surface area (Å²) in [6, 6.07) is 1.07. The number of nitriles is 1. The van der Waals surface area contributed by atoms with Crippen molar-refractivity contribution in [3.63, 3.8) is 0 Å².